The van der Waals surface area contributed by atoms with E-state index in [1.165, 1.54) is 10.9 Å². The SMILES string of the molecule is CC(=O)c1ccc2ccc(C)cc2c1-c1ccccc1. The number of rotatable bonds is 2. The van der Waals surface area contributed by atoms with Gasteiger partial charge in [0.05, 0.1) is 0 Å². The van der Waals surface area contributed by atoms with Crippen molar-refractivity contribution in [2.75, 3.05) is 0 Å². The second-order valence-electron chi connectivity index (χ2n) is 5.13. The van der Waals surface area contributed by atoms with Gasteiger partial charge in [-0.3, -0.25) is 4.79 Å². The Morgan fingerprint density at radius 1 is 0.900 bits per heavy atom. The van der Waals surface area contributed by atoms with E-state index in [0.717, 1.165) is 22.1 Å². The lowest BCUT2D eigenvalue weighted by Gasteiger charge is -2.12. The van der Waals surface area contributed by atoms with Crippen LogP contribution in [0.5, 0.6) is 0 Å². The molecule has 98 valence electrons. The molecule has 0 aliphatic heterocycles. The normalized spacial score (nSPS) is 10.7. The maximum atomic E-state index is 12.0. The molecule has 0 aliphatic carbocycles. The van der Waals surface area contributed by atoms with E-state index in [0.29, 0.717) is 0 Å². The molecular formula is C19H16O. The number of hydrogen-bond donors (Lipinski definition) is 0. The first-order chi connectivity index (χ1) is 9.66. The standard InChI is InChI=1S/C19H16O/c1-13-8-9-15-10-11-17(14(2)20)19(18(15)12-13)16-6-4-3-5-7-16/h3-12H,1-2H3. The van der Waals surface area contributed by atoms with E-state index in [-0.39, 0.29) is 5.78 Å². The van der Waals surface area contributed by atoms with Crippen molar-refractivity contribution in [3.63, 3.8) is 0 Å². The van der Waals surface area contributed by atoms with Gasteiger partial charge in [0.25, 0.3) is 0 Å². The molecule has 3 aromatic rings. The number of Topliss-reactive ketones (excluding diaryl/α,β-unsaturated/α-hetero) is 1. The predicted octanol–water partition coefficient (Wildman–Crippen LogP) is 5.02. The summed E-state index contributed by atoms with van der Waals surface area (Å²) in [5.74, 6) is 0.104. The summed E-state index contributed by atoms with van der Waals surface area (Å²) >= 11 is 0. The second kappa shape index (κ2) is 4.93. The Morgan fingerprint density at radius 2 is 1.60 bits per heavy atom. The first kappa shape index (κ1) is 12.6. The van der Waals surface area contributed by atoms with Crippen molar-refractivity contribution in [3.8, 4) is 11.1 Å². The number of fused-ring (bicyclic) bond motifs is 1. The zero-order valence-corrected chi connectivity index (χ0v) is 11.7. The fraction of sp³-hybridized carbons (Fsp3) is 0.105. The van der Waals surface area contributed by atoms with E-state index < -0.39 is 0 Å². The summed E-state index contributed by atoms with van der Waals surface area (Å²) in [6.45, 7) is 3.71. The minimum absolute atomic E-state index is 0.104. The lowest BCUT2D eigenvalue weighted by Crippen LogP contribution is -1.97. The smallest absolute Gasteiger partial charge is 0.160 e. The van der Waals surface area contributed by atoms with E-state index in [4.69, 9.17) is 0 Å². The average molecular weight is 260 g/mol. The van der Waals surface area contributed by atoms with Crippen molar-refractivity contribution in [1.29, 1.82) is 0 Å². The van der Waals surface area contributed by atoms with Gasteiger partial charge in [0.2, 0.25) is 0 Å². The minimum atomic E-state index is 0.104. The number of benzene rings is 3. The van der Waals surface area contributed by atoms with Crippen molar-refractivity contribution >= 4 is 16.6 Å². The third-order valence-corrected chi connectivity index (χ3v) is 3.62. The summed E-state index contributed by atoms with van der Waals surface area (Å²) in [5.41, 5.74) is 4.12. The highest BCUT2D eigenvalue weighted by atomic mass is 16.1. The Hall–Kier alpha value is -2.41. The maximum Gasteiger partial charge on any atom is 0.160 e. The topological polar surface area (TPSA) is 17.1 Å². The predicted molar refractivity (Wildman–Crippen MR) is 84.1 cm³/mol. The molecule has 0 amide bonds. The summed E-state index contributed by atoms with van der Waals surface area (Å²) in [6.07, 6.45) is 0. The molecule has 0 N–H and O–H groups in total. The Kier molecular flexibility index (Phi) is 3.11. The van der Waals surface area contributed by atoms with Crippen LogP contribution in [-0.4, -0.2) is 5.78 Å². The van der Waals surface area contributed by atoms with Gasteiger partial charge in [-0.05, 0) is 30.2 Å². The number of aryl methyl sites for hydroxylation is 1. The maximum absolute atomic E-state index is 12.0. The Bertz CT molecular complexity index is 785. The van der Waals surface area contributed by atoms with Crippen molar-refractivity contribution in [2.45, 2.75) is 13.8 Å². The van der Waals surface area contributed by atoms with Gasteiger partial charge in [0, 0.05) is 11.1 Å². The molecule has 0 radical (unpaired) electrons. The average Bonchev–Trinajstić information content (AvgIpc) is 2.46. The van der Waals surface area contributed by atoms with Crippen LogP contribution in [0.25, 0.3) is 21.9 Å². The molecule has 0 saturated heterocycles. The summed E-state index contributed by atoms with van der Waals surface area (Å²) in [6, 6.07) is 20.5. The molecule has 3 rings (SSSR count). The van der Waals surface area contributed by atoms with Gasteiger partial charge < -0.3 is 0 Å². The summed E-state index contributed by atoms with van der Waals surface area (Å²) in [5, 5.41) is 2.31. The first-order valence-electron chi connectivity index (χ1n) is 6.76. The quantitative estimate of drug-likeness (QED) is 0.591. The van der Waals surface area contributed by atoms with Crippen molar-refractivity contribution in [3.05, 3.63) is 71.8 Å². The van der Waals surface area contributed by atoms with Crippen LogP contribution in [-0.2, 0) is 0 Å². The molecule has 0 aromatic heterocycles. The lowest BCUT2D eigenvalue weighted by atomic mass is 9.91. The highest BCUT2D eigenvalue weighted by molar-refractivity contribution is 6.10. The van der Waals surface area contributed by atoms with Crippen LogP contribution in [0.15, 0.2) is 60.7 Å². The van der Waals surface area contributed by atoms with Crippen LogP contribution in [0.2, 0.25) is 0 Å². The molecule has 0 heterocycles. The molecule has 0 fully saturated rings. The van der Waals surface area contributed by atoms with Crippen LogP contribution in [0.4, 0.5) is 0 Å². The zero-order chi connectivity index (χ0) is 14.1. The third kappa shape index (κ3) is 2.12. The highest BCUT2D eigenvalue weighted by Gasteiger charge is 2.13. The molecular weight excluding hydrogens is 244 g/mol. The van der Waals surface area contributed by atoms with Crippen LogP contribution in [0.3, 0.4) is 0 Å². The molecule has 0 aliphatic rings. The highest BCUT2D eigenvalue weighted by Crippen LogP contribution is 2.33. The molecule has 0 bridgehead atoms. The van der Waals surface area contributed by atoms with Gasteiger partial charge in [-0.2, -0.15) is 0 Å². The van der Waals surface area contributed by atoms with E-state index in [1.54, 1.807) is 6.92 Å². The van der Waals surface area contributed by atoms with Crippen LogP contribution in [0.1, 0.15) is 22.8 Å². The largest absolute Gasteiger partial charge is 0.294 e. The third-order valence-electron chi connectivity index (χ3n) is 3.62. The van der Waals surface area contributed by atoms with Crippen LogP contribution < -0.4 is 0 Å². The number of carbonyl (C=O) groups is 1. The number of carbonyl (C=O) groups excluding carboxylic acids is 1. The molecule has 0 spiro atoms. The van der Waals surface area contributed by atoms with Gasteiger partial charge in [0.1, 0.15) is 0 Å². The molecule has 0 atom stereocenters. The van der Waals surface area contributed by atoms with E-state index in [2.05, 4.69) is 37.3 Å². The molecule has 1 heteroatoms. The second-order valence-corrected chi connectivity index (χ2v) is 5.13. The fourth-order valence-electron chi connectivity index (χ4n) is 2.64. The fourth-order valence-corrected chi connectivity index (χ4v) is 2.64. The molecule has 0 unspecified atom stereocenters. The van der Waals surface area contributed by atoms with Crippen LogP contribution in [0, 0.1) is 6.92 Å². The summed E-state index contributed by atoms with van der Waals surface area (Å²) in [7, 11) is 0. The Balaban J connectivity index is 2.44. The van der Waals surface area contributed by atoms with Gasteiger partial charge >= 0.3 is 0 Å². The molecule has 0 saturated carbocycles. The van der Waals surface area contributed by atoms with Crippen molar-refractivity contribution in [1.82, 2.24) is 0 Å². The lowest BCUT2D eigenvalue weighted by molar-refractivity contribution is 0.101. The van der Waals surface area contributed by atoms with E-state index >= 15 is 0 Å². The minimum Gasteiger partial charge on any atom is -0.294 e. The Morgan fingerprint density at radius 3 is 2.30 bits per heavy atom. The summed E-state index contributed by atoms with van der Waals surface area (Å²) < 4.78 is 0. The van der Waals surface area contributed by atoms with Crippen molar-refractivity contribution in [2.24, 2.45) is 0 Å². The van der Waals surface area contributed by atoms with E-state index in [9.17, 15) is 4.79 Å². The number of hydrogen-bond acceptors (Lipinski definition) is 1. The molecule has 20 heavy (non-hydrogen) atoms. The van der Waals surface area contributed by atoms with Gasteiger partial charge in [-0.25, -0.2) is 0 Å². The van der Waals surface area contributed by atoms with E-state index in [1.807, 2.05) is 30.3 Å². The zero-order valence-electron chi connectivity index (χ0n) is 11.7. The summed E-state index contributed by atoms with van der Waals surface area (Å²) in [4.78, 5) is 12.0. The van der Waals surface area contributed by atoms with Gasteiger partial charge in [-0.1, -0.05) is 66.2 Å². The van der Waals surface area contributed by atoms with Crippen LogP contribution >= 0.6 is 0 Å². The molecule has 1 nitrogen and oxygen atoms in total. The molecule has 3 aromatic carbocycles. The van der Waals surface area contributed by atoms with Gasteiger partial charge in [0.15, 0.2) is 5.78 Å². The number of ketones is 1. The Labute approximate surface area is 118 Å². The first-order valence-corrected chi connectivity index (χ1v) is 6.76. The monoisotopic (exact) mass is 260 g/mol. The van der Waals surface area contributed by atoms with Gasteiger partial charge in [-0.15, -0.1) is 0 Å². The van der Waals surface area contributed by atoms with Crippen molar-refractivity contribution < 1.29 is 4.79 Å².